The summed E-state index contributed by atoms with van der Waals surface area (Å²) in [6.45, 7) is 0. The van der Waals surface area contributed by atoms with Crippen molar-refractivity contribution >= 4 is 60.2 Å². The van der Waals surface area contributed by atoms with Gasteiger partial charge in [0.25, 0.3) is 5.56 Å². The van der Waals surface area contributed by atoms with Gasteiger partial charge in [-0.25, -0.2) is 18.1 Å². The average molecular weight is 401 g/mol. The van der Waals surface area contributed by atoms with Gasteiger partial charge >= 0.3 is 0 Å². The van der Waals surface area contributed by atoms with Gasteiger partial charge in [-0.05, 0) is 29.6 Å². The Kier molecular flexibility index (Phi) is 3.43. The normalized spacial score (nSPS) is 12.2. The summed E-state index contributed by atoms with van der Waals surface area (Å²) in [5.41, 5.74) is -0.0861. The third-order valence-corrected chi connectivity index (χ3v) is 6.31. The van der Waals surface area contributed by atoms with E-state index in [0.29, 0.717) is 10.2 Å². The maximum absolute atomic E-state index is 12.8. The Balaban J connectivity index is 2.05. The van der Waals surface area contributed by atoms with Gasteiger partial charge in [-0.3, -0.25) is 4.79 Å². The summed E-state index contributed by atoms with van der Waals surface area (Å²) in [6, 6.07) is 5.62. The number of aromatic amines is 1. The summed E-state index contributed by atoms with van der Waals surface area (Å²) in [5, 5.41) is 8.11. The van der Waals surface area contributed by atoms with Crippen LogP contribution in [0.5, 0.6) is 0 Å². The molecule has 0 aliphatic heterocycles. The van der Waals surface area contributed by atoms with E-state index in [-0.39, 0.29) is 25.6 Å². The van der Waals surface area contributed by atoms with Crippen LogP contribution in [0.1, 0.15) is 0 Å². The third-order valence-electron chi connectivity index (χ3n) is 3.34. The highest BCUT2D eigenvalue weighted by Gasteiger charge is 2.27. The molecule has 0 unspecified atom stereocenters. The molecule has 3 heterocycles. The quantitative estimate of drug-likeness (QED) is 0.557. The topological polar surface area (TPSA) is 97.2 Å². The molecule has 0 saturated heterocycles. The first-order valence-corrected chi connectivity index (χ1v) is 9.55. The molecular weight excluding hydrogens is 395 g/mol. The Morgan fingerprint density at radius 3 is 2.58 bits per heavy atom. The molecule has 0 radical (unpaired) electrons. The number of fused-ring (bicyclic) bond motifs is 3. The van der Waals surface area contributed by atoms with Gasteiger partial charge in [0.2, 0.25) is 14.9 Å². The maximum Gasteiger partial charge on any atom is 0.291 e. The summed E-state index contributed by atoms with van der Waals surface area (Å²) >= 11 is 13.0. The zero-order valence-corrected chi connectivity index (χ0v) is 14.7. The molecule has 0 atom stereocenters. The Labute approximate surface area is 148 Å². The number of nitrogens with zero attached hydrogens (tertiary/aromatic N) is 3. The van der Waals surface area contributed by atoms with Crippen LogP contribution in [0.2, 0.25) is 10.0 Å². The Morgan fingerprint density at radius 2 is 1.88 bits per heavy atom. The van der Waals surface area contributed by atoms with Crippen LogP contribution >= 0.6 is 34.5 Å². The molecule has 1 aromatic carbocycles. The highest BCUT2D eigenvalue weighted by molar-refractivity contribution is 7.91. The van der Waals surface area contributed by atoms with E-state index in [4.69, 9.17) is 23.2 Å². The molecule has 0 saturated carbocycles. The summed E-state index contributed by atoms with van der Waals surface area (Å²) in [5.74, 6) is 0. The van der Waals surface area contributed by atoms with Gasteiger partial charge < -0.3 is 0 Å². The monoisotopic (exact) mass is 400 g/mol. The second-order valence-electron chi connectivity index (χ2n) is 4.84. The minimum Gasteiger partial charge on any atom is -0.266 e. The number of sulfone groups is 1. The predicted octanol–water partition coefficient (Wildman–Crippen LogP) is 2.77. The summed E-state index contributed by atoms with van der Waals surface area (Å²) in [7, 11) is -4.07. The van der Waals surface area contributed by atoms with Crippen molar-refractivity contribution in [3.63, 3.8) is 0 Å². The van der Waals surface area contributed by atoms with Gasteiger partial charge in [0.05, 0.1) is 10.4 Å². The van der Waals surface area contributed by atoms with Crippen LogP contribution in [0.15, 0.2) is 44.4 Å². The van der Waals surface area contributed by atoms with E-state index < -0.39 is 15.4 Å². The largest absolute Gasteiger partial charge is 0.291 e. The SMILES string of the molecule is O=c1nc2c(S(=O)(=O)c3cc(Cl)cc(Cl)c3)n[nH]n2c2ccsc12. The average Bonchev–Trinajstić information content (AvgIpc) is 3.12. The summed E-state index contributed by atoms with van der Waals surface area (Å²) < 4.78 is 27.5. The van der Waals surface area contributed by atoms with Crippen molar-refractivity contribution in [1.29, 1.82) is 0 Å². The van der Waals surface area contributed by atoms with Crippen LogP contribution < -0.4 is 5.56 Å². The van der Waals surface area contributed by atoms with E-state index in [1.54, 1.807) is 11.4 Å². The molecular formula is C13H6Cl2N4O3S2. The van der Waals surface area contributed by atoms with Crippen molar-refractivity contribution in [2.75, 3.05) is 0 Å². The van der Waals surface area contributed by atoms with Crippen LogP contribution in [0.25, 0.3) is 15.9 Å². The van der Waals surface area contributed by atoms with E-state index in [1.165, 1.54) is 34.1 Å². The minimum absolute atomic E-state index is 0.0815. The molecule has 122 valence electrons. The summed E-state index contributed by atoms with van der Waals surface area (Å²) in [6.07, 6.45) is 0. The molecule has 0 fully saturated rings. The van der Waals surface area contributed by atoms with Gasteiger partial charge in [-0.1, -0.05) is 23.2 Å². The van der Waals surface area contributed by atoms with Crippen LogP contribution in [0.4, 0.5) is 0 Å². The fourth-order valence-electron chi connectivity index (χ4n) is 2.32. The molecule has 4 rings (SSSR count). The Bertz CT molecular complexity index is 1250. The van der Waals surface area contributed by atoms with Crippen LogP contribution in [0.3, 0.4) is 0 Å². The Morgan fingerprint density at radius 1 is 1.17 bits per heavy atom. The smallest absolute Gasteiger partial charge is 0.266 e. The first kappa shape index (κ1) is 15.6. The fraction of sp³-hybridized carbons (Fsp3) is 0. The van der Waals surface area contributed by atoms with Gasteiger partial charge in [-0.2, -0.15) is 4.98 Å². The molecule has 0 aliphatic carbocycles. The molecule has 3 aromatic heterocycles. The zero-order valence-electron chi connectivity index (χ0n) is 11.5. The third kappa shape index (κ3) is 2.24. The van der Waals surface area contributed by atoms with Crippen molar-refractivity contribution in [2.45, 2.75) is 9.92 Å². The first-order valence-electron chi connectivity index (χ1n) is 6.43. The van der Waals surface area contributed by atoms with Gasteiger partial charge in [0.1, 0.15) is 4.70 Å². The molecule has 11 heteroatoms. The fourth-order valence-corrected chi connectivity index (χ4v) is 5.06. The van der Waals surface area contributed by atoms with E-state index in [0.717, 1.165) is 0 Å². The predicted molar refractivity (Wildman–Crippen MR) is 90.9 cm³/mol. The van der Waals surface area contributed by atoms with E-state index in [9.17, 15) is 13.2 Å². The lowest BCUT2D eigenvalue weighted by Crippen LogP contribution is -2.10. The van der Waals surface area contributed by atoms with Gasteiger partial charge in [0.15, 0.2) is 5.65 Å². The number of benzene rings is 1. The van der Waals surface area contributed by atoms with Gasteiger partial charge in [-0.15, -0.1) is 16.4 Å². The van der Waals surface area contributed by atoms with Gasteiger partial charge in [0, 0.05) is 10.0 Å². The molecule has 0 aliphatic rings. The summed E-state index contributed by atoms with van der Waals surface area (Å²) in [4.78, 5) is 15.8. The number of thiophene rings is 1. The molecule has 0 amide bonds. The van der Waals surface area contributed by atoms with Crippen LogP contribution in [0, 0.1) is 0 Å². The standard InChI is InChI=1S/C13H6Cl2N4O3S2/c14-6-3-7(15)5-8(4-6)24(21,22)13-11-16-12(20)10-9(1-2-23-10)19(11)18-17-13/h1-5,18H. The highest BCUT2D eigenvalue weighted by atomic mass is 35.5. The van der Waals surface area contributed by atoms with Crippen molar-refractivity contribution in [1.82, 2.24) is 19.8 Å². The lowest BCUT2D eigenvalue weighted by Gasteiger charge is -2.03. The van der Waals surface area contributed by atoms with Crippen LogP contribution in [-0.4, -0.2) is 28.2 Å². The second kappa shape index (κ2) is 5.28. The van der Waals surface area contributed by atoms with Crippen LogP contribution in [-0.2, 0) is 9.84 Å². The molecule has 4 aromatic rings. The number of aromatic nitrogens is 4. The lowest BCUT2D eigenvalue weighted by molar-refractivity contribution is 0.592. The molecule has 0 spiro atoms. The number of rotatable bonds is 2. The molecule has 1 N–H and O–H groups in total. The maximum atomic E-state index is 12.8. The second-order valence-corrected chi connectivity index (χ2v) is 8.49. The first-order chi connectivity index (χ1) is 11.4. The van der Waals surface area contributed by atoms with Crippen molar-refractivity contribution in [3.8, 4) is 0 Å². The zero-order chi connectivity index (χ0) is 17.1. The van der Waals surface area contributed by atoms with Crippen molar-refractivity contribution in [3.05, 3.63) is 50.0 Å². The number of H-pyrrole nitrogens is 1. The molecule has 24 heavy (non-hydrogen) atoms. The van der Waals surface area contributed by atoms with Crippen molar-refractivity contribution < 1.29 is 8.42 Å². The van der Waals surface area contributed by atoms with E-state index in [1.807, 2.05) is 0 Å². The number of hydrogen-bond acceptors (Lipinski definition) is 6. The molecule has 7 nitrogen and oxygen atoms in total. The minimum atomic E-state index is -4.07. The van der Waals surface area contributed by atoms with E-state index in [2.05, 4.69) is 15.3 Å². The highest BCUT2D eigenvalue weighted by Crippen LogP contribution is 2.28. The number of hydrogen-bond donors (Lipinski definition) is 1. The van der Waals surface area contributed by atoms with Crippen molar-refractivity contribution in [2.24, 2.45) is 0 Å². The Hall–Kier alpha value is -1.94. The molecule has 0 bridgehead atoms. The number of nitrogens with one attached hydrogen (secondary N) is 1. The lowest BCUT2D eigenvalue weighted by atomic mass is 10.4. The van der Waals surface area contributed by atoms with E-state index >= 15 is 0 Å². The number of halogens is 2.